The van der Waals surface area contributed by atoms with Gasteiger partial charge >= 0.3 is 17.9 Å². The SMILES string of the molecule is COC(=O)c1cc(NC(=O)COC(=O)c2ccc(F)cc2)cc(C(=O)OC)c1. The number of carbonyl (C=O) groups excluding carboxylic acids is 4. The zero-order chi connectivity index (χ0) is 20.7. The predicted octanol–water partition coefficient (Wildman–Crippen LogP) is 2.19. The fraction of sp³-hybridized carbons (Fsp3) is 0.158. The zero-order valence-corrected chi connectivity index (χ0v) is 15.0. The van der Waals surface area contributed by atoms with Crippen LogP contribution in [0, 0.1) is 5.82 Å². The van der Waals surface area contributed by atoms with Crippen molar-refractivity contribution < 1.29 is 37.8 Å². The first-order chi connectivity index (χ1) is 13.3. The third kappa shape index (κ3) is 5.37. The number of rotatable bonds is 6. The van der Waals surface area contributed by atoms with Crippen molar-refractivity contribution in [3.63, 3.8) is 0 Å². The summed E-state index contributed by atoms with van der Waals surface area (Å²) in [5.41, 5.74) is 0.217. The van der Waals surface area contributed by atoms with E-state index in [1.54, 1.807) is 0 Å². The Morgan fingerprint density at radius 2 is 1.36 bits per heavy atom. The molecule has 0 bridgehead atoms. The molecule has 146 valence electrons. The van der Waals surface area contributed by atoms with Gasteiger partial charge in [-0.3, -0.25) is 4.79 Å². The molecular weight excluding hydrogens is 373 g/mol. The molecule has 0 saturated carbocycles. The van der Waals surface area contributed by atoms with Crippen LogP contribution < -0.4 is 5.32 Å². The topological polar surface area (TPSA) is 108 Å². The van der Waals surface area contributed by atoms with Gasteiger partial charge in [0, 0.05) is 5.69 Å². The molecule has 0 aliphatic rings. The molecule has 0 radical (unpaired) electrons. The third-order valence-electron chi connectivity index (χ3n) is 3.47. The summed E-state index contributed by atoms with van der Waals surface area (Å²) in [5.74, 6) is -3.48. The van der Waals surface area contributed by atoms with Crippen molar-refractivity contribution in [2.24, 2.45) is 0 Å². The fourth-order valence-electron chi connectivity index (χ4n) is 2.17. The molecule has 1 amide bonds. The molecule has 1 N–H and O–H groups in total. The molecular formula is C19H16FNO7. The molecule has 0 aliphatic heterocycles. The standard InChI is InChI=1S/C19H16FNO7/c1-26-17(23)12-7-13(18(24)27-2)9-15(8-12)21-16(22)10-28-19(25)11-3-5-14(20)6-4-11/h3-9H,10H2,1-2H3,(H,21,22). The van der Waals surface area contributed by atoms with Crippen LogP contribution in [0.5, 0.6) is 0 Å². The van der Waals surface area contributed by atoms with Crippen LogP contribution >= 0.6 is 0 Å². The molecule has 28 heavy (non-hydrogen) atoms. The Morgan fingerprint density at radius 1 is 0.821 bits per heavy atom. The summed E-state index contributed by atoms with van der Waals surface area (Å²) in [6.45, 7) is -0.633. The summed E-state index contributed by atoms with van der Waals surface area (Å²) in [4.78, 5) is 47.3. The molecule has 2 rings (SSSR count). The minimum atomic E-state index is -0.811. The highest BCUT2D eigenvalue weighted by molar-refractivity contribution is 6.00. The second kappa shape index (κ2) is 9.26. The van der Waals surface area contributed by atoms with E-state index in [1.165, 1.54) is 44.6 Å². The van der Waals surface area contributed by atoms with Gasteiger partial charge in [0.15, 0.2) is 6.61 Å². The maximum atomic E-state index is 12.9. The van der Waals surface area contributed by atoms with E-state index in [-0.39, 0.29) is 22.4 Å². The van der Waals surface area contributed by atoms with Crippen LogP contribution in [0.2, 0.25) is 0 Å². The number of hydrogen-bond acceptors (Lipinski definition) is 7. The Kier molecular flexibility index (Phi) is 6.80. The summed E-state index contributed by atoms with van der Waals surface area (Å²) >= 11 is 0. The molecule has 2 aromatic rings. The first-order valence-electron chi connectivity index (χ1n) is 7.88. The van der Waals surface area contributed by atoms with E-state index in [0.29, 0.717) is 0 Å². The Bertz CT molecular complexity index is 875. The Labute approximate surface area is 159 Å². The van der Waals surface area contributed by atoms with Gasteiger partial charge in [0.1, 0.15) is 5.82 Å². The first kappa shape index (κ1) is 20.6. The third-order valence-corrected chi connectivity index (χ3v) is 3.47. The lowest BCUT2D eigenvalue weighted by atomic mass is 10.1. The number of anilines is 1. The number of nitrogens with one attached hydrogen (secondary N) is 1. The highest BCUT2D eigenvalue weighted by Crippen LogP contribution is 2.17. The van der Waals surface area contributed by atoms with Crippen molar-refractivity contribution in [3.05, 3.63) is 65.0 Å². The molecule has 0 unspecified atom stereocenters. The number of methoxy groups -OCH3 is 2. The number of hydrogen-bond donors (Lipinski definition) is 1. The molecule has 2 aromatic carbocycles. The molecule has 0 atom stereocenters. The lowest BCUT2D eigenvalue weighted by Crippen LogP contribution is -2.21. The van der Waals surface area contributed by atoms with Gasteiger partial charge in [-0.1, -0.05) is 0 Å². The molecule has 0 heterocycles. The first-order valence-corrected chi connectivity index (χ1v) is 7.88. The van der Waals surface area contributed by atoms with Gasteiger partial charge < -0.3 is 19.5 Å². The minimum absolute atomic E-state index is 0.0176. The van der Waals surface area contributed by atoms with Gasteiger partial charge in [-0.15, -0.1) is 0 Å². The van der Waals surface area contributed by atoms with Crippen molar-refractivity contribution in [1.82, 2.24) is 0 Å². The molecule has 9 heteroatoms. The van der Waals surface area contributed by atoms with Gasteiger partial charge in [-0.2, -0.15) is 0 Å². The van der Waals surface area contributed by atoms with Crippen LogP contribution in [-0.2, 0) is 19.0 Å². The molecule has 8 nitrogen and oxygen atoms in total. The summed E-state index contributed by atoms with van der Waals surface area (Å²) in [6.07, 6.45) is 0. The van der Waals surface area contributed by atoms with Crippen LogP contribution in [0.4, 0.5) is 10.1 Å². The number of benzene rings is 2. The van der Waals surface area contributed by atoms with Crippen molar-refractivity contribution in [2.75, 3.05) is 26.1 Å². The normalized spacial score (nSPS) is 9.96. The van der Waals surface area contributed by atoms with Crippen molar-refractivity contribution in [1.29, 1.82) is 0 Å². The minimum Gasteiger partial charge on any atom is -0.465 e. The lowest BCUT2D eigenvalue weighted by molar-refractivity contribution is -0.119. The van der Waals surface area contributed by atoms with Gasteiger partial charge in [-0.25, -0.2) is 18.8 Å². The van der Waals surface area contributed by atoms with Crippen molar-refractivity contribution >= 4 is 29.5 Å². The van der Waals surface area contributed by atoms with E-state index in [4.69, 9.17) is 4.74 Å². The Balaban J connectivity index is 2.07. The second-order valence-electron chi connectivity index (χ2n) is 5.41. The molecule has 0 spiro atoms. The van der Waals surface area contributed by atoms with E-state index in [2.05, 4.69) is 14.8 Å². The van der Waals surface area contributed by atoms with Gasteiger partial charge in [0.25, 0.3) is 5.91 Å². The van der Waals surface area contributed by atoms with Crippen molar-refractivity contribution in [3.8, 4) is 0 Å². The fourth-order valence-corrected chi connectivity index (χ4v) is 2.17. The molecule has 0 saturated heterocycles. The number of halogens is 1. The Hall–Kier alpha value is -3.75. The maximum absolute atomic E-state index is 12.9. The quantitative estimate of drug-likeness (QED) is 0.596. The van der Waals surface area contributed by atoms with Crippen LogP contribution in [0.1, 0.15) is 31.1 Å². The molecule has 0 aromatic heterocycles. The lowest BCUT2D eigenvalue weighted by Gasteiger charge is -2.10. The number of amides is 1. The Morgan fingerprint density at radius 3 is 1.86 bits per heavy atom. The van der Waals surface area contributed by atoms with Crippen LogP contribution in [0.15, 0.2) is 42.5 Å². The van der Waals surface area contributed by atoms with Gasteiger partial charge in [-0.05, 0) is 42.5 Å². The van der Waals surface area contributed by atoms with Crippen LogP contribution in [-0.4, -0.2) is 44.6 Å². The smallest absolute Gasteiger partial charge is 0.338 e. The molecule has 0 aliphatic carbocycles. The van der Waals surface area contributed by atoms with Crippen molar-refractivity contribution in [2.45, 2.75) is 0 Å². The van der Waals surface area contributed by atoms with E-state index in [1.807, 2.05) is 0 Å². The number of carbonyl (C=O) groups is 4. The van der Waals surface area contributed by atoms with E-state index in [0.717, 1.165) is 12.1 Å². The largest absolute Gasteiger partial charge is 0.465 e. The summed E-state index contributed by atoms with van der Waals surface area (Å²) < 4.78 is 26.9. The second-order valence-corrected chi connectivity index (χ2v) is 5.41. The maximum Gasteiger partial charge on any atom is 0.338 e. The number of ether oxygens (including phenoxy) is 3. The summed E-state index contributed by atoms with van der Waals surface area (Å²) in [7, 11) is 2.33. The predicted molar refractivity (Wildman–Crippen MR) is 94.4 cm³/mol. The van der Waals surface area contributed by atoms with Crippen LogP contribution in [0.3, 0.4) is 0 Å². The molecule has 0 fully saturated rings. The van der Waals surface area contributed by atoms with Gasteiger partial charge in [0.2, 0.25) is 0 Å². The van der Waals surface area contributed by atoms with E-state index >= 15 is 0 Å². The van der Waals surface area contributed by atoms with E-state index in [9.17, 15) is 23.6 Å². The zero-order valence-electron chi connectivity index (χ0n) is 15.0. The summed E-state index contributed by atoms with van der Waals surface area (Å²) in [6, 6.07) is 8.44. The van der Waals surface area contributed by atoms with Crippen LogP contribution in [0.25, 0.3) is 0 Å². The monoisotopic (exact) mass is 389 g/mol. The van der Waals surface area contributed by atoms with Gasteiger partial charge in [0.05, 0.1) is 30.9 Å². The average Bonchev–Trinajstić information content (AvgIpc) is 2.70. The highest BCUT2D eigenvalue weighted by atomic mass is 19.1. The average molecular weight is 389 g/mol. The van der Waals surface area contributed by atoms with E-state index < -0.39 is 36.2 Å². The highest BCUT2D eigenvalue weighted by Gasteiger charge is 2.16. The summed E-state index contributed by atoms with van der Waals surface area (Å²) in [5, 5.41) is 2.40. The number of esters is 3.